The molecule has 1 saturated heterocycles. The lowest BCUT2D eigenvalue weighted by atomic mass is 9.90. The van der Waals surface area contributed by atoms with E-state index in [-0.39, 0.29) is 18.3 Å². The van der Waals surface area contributed by atoms with Crippen LogP contribution in [0.1, 0.15) is 36.8 Å². The van der Waals surface area contributed by atoms with E-state index in [0.29, 0.717) is 37.4 Å². The standard InChI is InChI=1S/C18H23F3N2O.ClH/c1-22-12-13-5-9-23(10-6-13)16(24)17(7-8-17)14-3-2-4-15(11-14)18(19,20)21;/h2-4,11,13,22H,5-10,12H2,1H3;1H. The maximum absolute atomic E-state index is 12.9. The van der Waals surface area contributed by atoms with Crippen molar-refractivity contribution in [3.8, 4) is 0 Å². The molecular weight excluding hydrogens is 353 g/mol. The zero-order valence-electron chi connectivity index (χ0n) is 14.2. The van der Waals surface area contributed by atoms with Gasteiger partial charge in [-0.25, -0.2) is 0 Å². The molecule has 0 spiro atoms. The summed E-state index contributed by atoms with van der Waals surface area (Å²) < 4.78 is 38.8. The van der Waals surface area contributed by atoms with Gasteiger partial charge in [0.05, 0.1) is 11.0 Å². The second-order valence-electron chi connectivity index (χ2n) is 6.95. The SMILES string of the molecule is CNCC1CCN(C(=O)C2(c3cccc(C(F)(F)F)c3)CC2)CC1.Cl. The largest absolute Gasteiger partial charge is 0.416 e. The Balaban J connectivity index is 0.00000225. The Morgan fingerprint density at radius 3 is 2.44 bits per heavy atom. The molecule has 1 aliphatic heterocycles. The number of nitrogens with zero attached hydrogens (tertiary/aromatic N) is 1. The molecule has 1 aromatic carbocycles. The number of benzene rings is 1. The molecular formula is C18H24ClF3N2O. The van der Waals surface area contributed by atoms with Crippen LogP contribution in [0, 0.1) is 5.92 Å². The van der Waals surface area contributed by atoms with Crippen LogP contribution in [0.5, 0.6) is 0 Å². The minimum absolute atomic E-state index is 0. The zero-order valence-corrected chi connectivity index (χ0v) is 15.1. The van der Waals surface area contributed by atoms with Crippen LogP contribution in [0.25, 0.3) is 0 Å². The molecule has 1 N–H and O–H groups in total. The van der Waals surface area contributed by atoms with Gasteiger partial charge in [0.15, 0.2) is 0 Å². The highest BCUT2D eigenvalue weighted by Crippen LogP contribution is 2.50. The van der Waals surface area contributed by atoms with E-state index in [9.17, 15) is 18.0 Å². The Bertz CT molecular complexity index is 609. The summed E-state index contributed by atoms with van der Waals surface area (Å²) in [6.45, 7) is 2.35. The molecule has 2 aliphatic rings. The van der Waals surface area contributed by atoms with E-state index in [2.05, 4.69) is 5.32 Å². The number of carbonyl (C=O) groups excluding carboxylic acids is 1. The number of hydrogen-bond acceptors (Lipinski definition) is 2. The van der Waals surface area contributed by atoms with Crippen LogP contribution in [0.2, 0.25) is 0 Å². The predicted octanol–water partition coefficient (Wildman–Crippen LogP) is 3.62. The molecule has 1 aromatic rings. The second kappa shape index (κ2) is 7.54. The van der Waals surface area contributed by atoms with Gasteiger partial charge in [-0.3, -0.25) is 4.79 Å². The molecule has 25 heavy (non-hydrogen) atoms. The lowest BCUT2D eigenvalue weighted by Gasteiger charge is -2.34. The third-order valence-electron chi connectivity index (χ3n) is 5.30. The first kappa shape index (κ1) is 20.0. The molecule has 7 heteroatoms. The fraction of sp³-hybridized carbons (Fsp3) is 0.611. The van der Waals surface area contributed by atoms with E-state index in [1.807, 2.05) is 11.9 Å². The van der Waals surface area contributed by atoms with E-state index in [4.69, 9.17) is 0 Å². The molecule has 1 aliphatic carbocycles. The van der Waals surface area contributed by atoms with Crippen LogP contribution >= 0.6 is 12.4 Å². The normalized spacial score (nSPS) is 20.1. The van der Waals surface area contributed by atoms with Gasteiger partial charge in [0.2, 0.25) is 5.91 Å². The topological polar surface area (TPSA) is 32.3 Å². The average Bonchev–Trinajstić information content (AvgIpc) is 3.36. The zero-order chi connectivity index (χ0) is 17.4. The van der Waals surface area contributed by atoms with Crippen LogP contribution in [0.3, 0.4) is 0 Å². The molecule has 140 valence electrons. The van der Waals surface area contributed by atoms with Gasteiger partial charge in [-0.15, -0.1) is 12.4 Å². The molecule has 0 aromatic heterocycles. The Hall–Kier alpha value is -1.27. The van der Waals surface area contributed by atoms with Gasteiger partial charge in [0.1, 0.15) is 0 Å². The van der Waals surface area contributed by atoms with Crippen molar-refractivity contribution in [3.05, 3.63) is 35.4 Å². The van der Waals surface area contributed by atoms with Gasteiger partial charge in [-0.05, 0) is 56.8 Å². The predicted molar refractivity (Wildman–Crippen MR) is 92.8 cm³/mol. The van der Waals surface area contributed by atoms with Crippen LogP contribution in [0.15, 0.2) is 24.3 Å². The summed E-state index contributed by atoms with van der Waals surface area (Å²) in [5, 5.41) is 3.16. The van der Waals surface area contributed by atoms with Crippen molar-refractivity contribution >= 4 is 18.3 Å². The first-order valence-electron chi connectivity index (χ1n) is 8.48. The number of halogens is 4. The second-order valence-corrected chi connectivity index (χ2v) is 6.95. The lowest BCUT2D eigenvalue weighted by molar-refractivity contribution is -0.138. The van der Waals surface area contributed by atoms with Gasteiger partial charge < -0.3 is 10.2 Å². The fourth-order valence-corrected chi connectivity index (χ4v) is 3.68. The number of amides is 1. The average molecular weight is 377 g/mol. The molecule has 0 atom stereocenters. The summed E-state index contributed by atoms with van der Waals surface area (Å²) in [6.07, 6.45) is -1.19. The lowest BCUT2D eigenvalue weighted by Crippen LogP contribution is -2.45. The van der Waals surface area contributed by atoms with Crippen LogP contribution < -0.4 is 5.32 Å². The number of piperidine rings is 1. The third kappa shape index (κ3) is 4.11. The Morgan fingerprint density at radius 2 is 1.92 bits per heavy atom. The molecule has 0 bridgehead atoms. The van der Waals surface area contributed by atoms with Crippen molar-refractivity contribution in [1.29, 1.82) is 0 Å². The molecule has 3 nitrogen and oxygen atoms in total. The highest BCUT2D eigenvalue weighted by atomic mass is 35.5. The van der Waals surface area contributed by atoms with Crippen molar-refractivity contribution in [2.75, 3.05) is 26.7 Å². The molecule has 1 amide bonds. The van der Waals surface area contributed by atoms with Crippen LogP contribution in [-0.4, -0.2) is 37.5 Å². The number of hydrogen-bond donors (Lipinski definition) is 1. The van der Waals surface area contributed by atoms with Gasteiger partial charge >= 0.3 is 6.18 Å². The van der Waals surface area contributed by atoms with Crippen LogP contribution in [-0.2, 0) is 16.4 Å². The summed E-state index contributed by atoms with van der Waals surface area (Å²) >= 11 is 0. The van der Waals surface area contributed by atoms with E-state index in [1.165, 1.54) is 6.07 Å². The van der Waals surface area contributed by atoms with Gasteiger partial charge in [0.25, 0.3) is 0 Å². The maximum atomic E-state index is 12.9. The third-order valence-corrected chi connectivity index (χ3v) is 5.30. The van der Waals surface area contributed by atoms with Crippen LogP contribution in [0.4, 0.5) is 13.2 Å². The van der Waals surface area contributed by atoms with E-state index in [0.717, 1.165) is 31.5 Å². The fourth-order valence-electron chi connectivity index (χ4n) is 3.68. The summed E-state index contributed by atoms with van der Waals surface area (Å²) in [7, 11) is 1.92. The highest BCUT2D eigenvalue weighted by molar-refractivity contribution is 5.91. The summed E-state index contributed by atoms with van der Waals surface area (Å²) in [5.74, 6) is 0.576. The highest BCUT2D eigenvalue weighted by Gasteiger charge is 2.53. The number of likely N-dealkylation sites (tertiary alicyclic amines) is 1. The van der Waals surface area contributed by atoms with Crippen molar-refractivity contribution in [3.63, 3.8) is 0 Å². The molecule has 0 unspecified atom stereocenters. The van der Waals surface area contributed by atoms with E-state index >= 15 is 0 Å². The monoisotopic (exact) mass is 376 g/mol. The van der Waals surface area contributed by atoms with Gasteiger partial charge in [-0.2, -0.15) is 13.2 Å². The smallest absolute Gasteiger partial charge is 0.342 e. The van der Waals surface area contributed by atoms with Crippen molar-refractivity contribution in [2.24, 2.45) is 5.92 Å². The summed E-state index contributed by atoms with van der Waals surface area (Å²) in [4.78, 5) is 14.8. The molecule has 3 rings (SSSR count). The number of rotatable bonds is 4. The Morgan fingerprint density at radius 1 is 1.28 bits per heavy atom. The summed E-state index contributed by atoms with van der Waals surface area (Å²) in [6, 6.07) is 5.28. The number of carbonyl (C=O) groups is 1. The Labute approximate surface area is 152 Å². The quantitative estimate of drug-likeness (QED) is 0.870. The molecule has 2 fully saturated rings. The minimum Gasteiger partial charge on any atom is -0.342 e. The van der Waals surface area contributed by atoms with Crippen molar-refractivity contribution < 1.29 is 18.0 Å². The Kier molecular flexibility index (Phi) is 6.05. The summed E-state index contributed by atoms with van der Waals surface area (Å²) in [5.41, 5.74) is -0.886. The molecule has 0 radical (unpaired) electrons. The number of alkyl halides is 3. The minimum atomic E-state index is -4.37. The molecule has 1 heterocycles. The maximum Gasteiger partial charge on any atom is 0.416 e. The van der Waals surface area contributed by atoms with Crippen molar-refractivity contribution in [1.82, 2.24) is 10.2 Å². The van der Waals surface area contributed by atoms with E-state index < -0.39 is 17.2 Å². The first-order valence-corrected chi connectivity index (χ1v) is 8.48. The van der Waals surface area contributed by atoms with Crippen molar-refractivity contribution in [2.45, 2.75) is 37.3 Å². The number of nitrogens with one attached hydrogen (secondary N) is 1. The van der Waals surface area contributed by atoms with Gasteiger partial charge in [0, 0.05) is 13.1 Å². The van der Waals surface area contributed by atoms with Gasteiger partial charge in [-0.1, -0.05) is 18.2 Å². The first-order chi connectivity index (χ1) is 11.4. The molecule has 1 saturated carbocycles. The van der Waals surface area contributed by atoms with E-state index in [1.54, 1.807) is 6.07 Å².